The number of rotatable bonds is 9. The summed E-state index contributed by atoms with van der Waals surface area (Å²) in [5, 5.41) is 0. The van der Waals surface area contributed by atoms with Crippen LogP contribution < -0.4 is 33.6 Å². The van der Waals surface area contributed by atoms with Gasteiger partial charge < -0.3 is 33.6 Å². The first-order valence-corrected chi connectivity index (χ1v) is 14.5. The van der Waals surface area contributed by atoms with Crippen LogP contribution in [0.25, 0.3) is 0 Å². The summed E-state index contributed by atoms with van der Waals surface area (Å²) in [6, 6.07) is 18.7. The summed E-state index contributed by atoms with van der Waals surface area (Å²) in [6.07, 6.45) is 1.70. The van der Waals surface area contributed by atoms with Gasteiger partial charge in [0.2, 0.25) is 17.8 Å². The smallest absolute Gasteiger partial charge is 0.232 e. The van der Waals surface area contributed by atoms with Crippen LogP contribution in [-0.2, 0) is 32.5 Å². The molecule has 0 atom stereocenters. The maximum absolute atomic E-state index is 5.59. The molecule has 4 aromatic rings. The molecule has 224 valence electrons. The van der Waals surface area contributed by atoms with E-state index in [1.165, 1.54) is 27.8 Å². The molecule has 0 bridgehead atoms. The van der Waals surface area contributed by atoms with Crippen molar-refractivity contribution in [3.8, 4) is 23.0 Å². The van der Waals surface area contributed by atoms with Gasteiger partial charge in [0.15, 0.2) is 23.0 Å². The van der Waals surface area contributed by atoms with Crippen LogP contribution in [0, 0.1) is 0 Å². The molecule has 43 heavy (non-hydrogen) atoms. The minimum atomic E-state index is 0.639. The Hall–Kier alpha value is -4.73. The van der Waals surface area contributed by atoms with Gasteiger partial charge >= 0.3 is 0 Å². The lowest BCUT2D eigenvalue weighted by molar-refractivity contribution is 0.353. The van der Waals surface area contributed by atoms with Gasteiger partial charge in [-0.05, 0) is 64.9 Å². The molecule has 0 spiro atoms. The Morgan fingerprint density at radius 3 is 1.51 bits per heavy atom. The second-order valence-electron chi connectivity index (χ2n) is 10.9. The zero-order valence-corrected chi connectivity index (χ0v) is 25.5. The normalized spacial score (nSPS) is 14.1. The van der Waals surface area contributed by atoms with E-state index in [-0.39, 0.29) is 0 Å². The van der Waals surface area contributed by atoms with Crippen molar-refractivity contribution in [2.24, 2.45) is 0 Å². The predicted octanol–water partition coefficient (Wildman–Crippen LogP) is 4.67. The second kappa shape index (κ2) is 12.2. The molecule has 1 aromatic heterocycles. The molecule has 0 radical (unpaired) electrons. The molecule has 10 heteroatoms. The van der Waals surface area contributed by atoms with Crippen molar-refractivity contribution < 1.29 is 18.9 Å². The Labute approximate surface area is 252 Å². The van der Waals surface area contributed by atoms with Crippen LogP contribution in [0.2, 0.25) is 0 Å². The molecular weight excluding hydrogens is 544 g/mol. The summed E-state index contributed by atoms with van der Waals surface area (Å²) in [5.74, 6) is 4.92. The van der Waals surface area contributed by atoms with Crippen LogP contribution in [0.1, 0.15) is 27.8 Å². The van der Waals surface area contributed by atoms with Gasteiger partial charge in [-0.2, -0.15) is 15.0 Å². The fraction of sp³-hybridized carbons (Fsp3) is 0.364. The van der Waals surface area contributed by atoms with E-state index in [4.69, 9.17) is 33.9 Å². The Balaban J connectivity index is 1.34. The van der Waals surface area contributed by atoms with E-state index in [1.807, 2.05) is 13.1 Å². The highest BCUT2D eigenvalue weighted by atomic mass is 16.5. The Kier molecular flexibility index (Phi) is 8.09. The van der Waals surface area contributed by atoms with Crippen molar-refractivity contribution in [3.05, 3.63) is 82.4 Å². The zero-order chi connectivity index (χ0) is 29.9. The second-order valence-corrected chi connectivity index (χ2v) is 10.9. The van der Waals surface area contributed by atoms with Gasteiger partial charge in [0.1, 0.15) is 0 Å². The van der Waals surface area contributed by atoms with Gasteiger partial charge in [-0.15, -0.1) is 0 Å². The first-order valence-electron chi connectivity index (χ1n) is 14.5. The van der Waals surface area contributed by atoms with Crippen molar-refractivity contribution in [2.45, 2.75) is 32.5 Å². The molecule has 2 aliphatic heterocycles. The Bertz CT molecular complexity index is 1510. The molecule has 3 heterocycles. The molecule has 0 saturated carbocycles. The standard InChI is InChI=1S/C33H38N6O4/c1-37(19-22-9-7-6-8-10-22)31-34-32(38-13-11-23-15-27(40-2)29(42-4)17-25(23)20-38)36-33(35-31)39-14-12-24-16-28(41-3)30(43-5)18-26(24)21-39/h6-10,15-18H,11-14,19-21H2,1-5H3. The molecule has 0 unspecified atom stereocenters. The average Bonchev–Trinajstić information content (AvgIpc) is 3.06. The highest BCUT2D eigenvalue weighted by Gasteiger charge is 2.26. The summed E-state index contributed by atoms with van der Waals surface area (Å²) in [7, 11) is 8.71. The zero-order valence-electron chi connectivity index (χ0n) is 25.5. The summed E-state index contributed by atoms with van der Waals surface area (Å²) < 4.78 is 22.3. The number of nitrogens with zero attached hydrogens (tertiary/aromatic N) is 6. The lowest BCUT2D eigenvalue weighted by Gasteiger charge is -2.33. The SMILES string of the molecule is COc1cc2c(cc1OC)CN(c1nc(N(C)Cc3ccccc3)nc(N3CCc4cc(OC)c(OC)cc4C3)n1)CC2. The number of ether oxygens (including phenoxy) is 4. The first kappa shape index (κ1) is 28.4. The maximum atomic E-state index is 5.59. The largest absolute Gasteiger partial charge is 0.493 e. The summed E-state index contributed by atoms with van der Waals surface area (Å²) in [6.45, 7) is 3.59. The molecule has 0 aliphatic carbocycles. The maximum Gasteiger partial charge on any atom is 0.232 e. The van der Waals surface area contributed by atoms with Gasteiger partial charge in [-0.1, -0.05) is 30.3 Å². The molecule has 3 aromatic carbocycles. The number of methoxy groups -OCH3 is 4. The minimum absolute atomic E-state index is 0.639. The van der Waals surface area contributed by atoms with Gasteiger partial charge in [0.05, 0.1) is 28.4 Å². The van der Waals surface area contributed by atoms with E-state index in [0.29, 0.717) is 37.5 Å². The molecule has 2 aliphatic rings. The molecule has 0 N–H and O–H groups in total. The van der Waals surface area contributed by atoms with Crippen LogP contribution in [0.15, 0.2) is 54.6 Å². The van der Waals surface area contributed by atoms with E-state index < -0.39 is 0 Å². The molecule has 0 fully saturated rings. The minimum Gasteiger partial charge on any atom is -0.493 e. The third kappa shape index (κ3) is 5.82. The molecule has 6 rings (SSSR count). The van der Waals surface area contributed by atoms with Crippen LogP contribution in [0.3, 0.4) is 0 Å². The highest BCUT2D eigenvalue weighted by molar-refractivity contribution is 5.55. The van der Waals surface area contributed by atoms with E-state index in [2.05, 4.69) is 63.2 Å². The van der Waals surface area contributed by atoms with Crippen LogP contribution in [0.4, 0.5) is 17.8 Å². The molecular formula is C33H38N6O4. The summed E-state index contributed by atoms with van der Waals surface area (Å²) >= 11 is 0. The van der Waals surface area contributed by atoms with Crippen molar-refractivity contribution in [3.63, 3.8) is 0 Å². The number of anilines is 3. The van der Waals surface area contributed by atoms with Gasteiger partial charge in [0.25, 0.3) is 0 Å². The Morgan fingerprint density at radius 1 is 0.628 bits per heavy atom. The fourth-order valence-electron chi connectivity index (χ4n) is 5.83. The number of hydrogen-bond donors (Lipinski definition) is 0. The fourth-order valence-corrected chi connectivity index (χ4v) is 5.83. The lowest BCUT2D eigenvalue weighted by Crippen LogP contribution is -2.35. The Morgan fingerprint density at radius 2 is 1.07 bits per heavy atom. The molecule has 10 nitrogen and oxygen atoms in total. The van der Waals surface area contributed by atoms with Gasteiger partial charge in [-0.25, -0.2) is 0 Å². The molecule has 0 saturated heterocycles. The number of aromatic nitrogens is 3. The average molecular weight is 583 g/mol. The van der Waals surface area contributed by atoms with E-state index in [0.717, 1.165) is 48.9 Å². The third-order valence-corrected chi connectivity index (χ3v) is 8.21. The van der Waals surface area contributed by atoms with E-state index in [9.17, 15) is 0 Å². The number of hydrogen-bond acceptors (Lipinski definition) is 10. The van der Waals surface area contributed by atoms with E-state index >= 15 is 0 Å². The number of benzene rings is 3. The van der Waals surface area contributed by atoms with Crippen LogP contribution in [-0.4, -0.2) is 63.5 Å². The monoisotopic (exact) mass is 582 g/mol. The van der Waals surface area contributed by atoms with Crippen molar-refractivity contribution in [2.75, 3.05) is 63.3 Å². The topological polar surface area (TPSA) is 85.3 Å². The third-order valence-electron chi connectivity index (χ3n) is 8.21. The van der Waals surface area contributed by atoms with Crippen LogP contribution in [0.5, 0.6) is 23.0 Å². The van der Waals surface area contributed by atoms with Crippen molar-refractivity contribution in [1.29, 1.82) is 0 Å². The highest BCUT2D eigenvalue weighted by Crippen LogP contribution is 2.36. The van der Waals surface area contributed by atoms with Gasteiger partial charge in [-0.3, -0.25) is 0 Å². The first-order chi connectivity index (χ1) is 21.0. The summed E-state index contributed by atoms with van der Waals surface area (Å²) in [5.41, 5.74) is 6.05. The quantitative estimate of drug-likeness (QED) is 0.278. The van der Waals surface area contributed by atoms with Crippen molar-refractivity contribution in [1.82, 2.24) is 15.0 Å². The predicted molar refractivity (Wildman–Crippen MR) is 167 cm³/mol. The lowest BCUT2D eigenvalue weighted by atomic mass is 9.99. The van der Waals surface area contributed by atoms with Crippen LogP contribution >= 0.6 is 0 Å². The summed E-state index contributed by atoms with van der Waals surface area (Å²) in [4.78, 5) is 21.6. The van der Waals surface area contributed by atoms with E-state index in [1.54, 1.807) is 28.4 Å². The van der Waals surface area contributed by atoms with Gasteiger partial charge in [0, 0.05) is 39.8 Å². The number of fused-ring (bicyclic) bond motifs is 2. The molecule has 0 amide bonds. The van der Waals surface area contributed by atoms with Crippen molar-refractivity contribution >= 4 is 17.8 Å².